The summed E-state index contributed by atoms with van der Waals surface area (Å²) in [5.74, 6) is 2.20. The van der Waals surface area contributed by atoms with Crippen molar-refractivity contribution in [3.63, 3.8) is 0 Å². The predicted molar refractivity (Wildman–Crippen MR) is 68.2 cm³/mol. The van der Waals surface area contributed by atoms with Crippen LogP contribution in [0.15, 0.2) is 6.07 Å². The van der Waals surface area contributed by atoms with Crippen molar-refractivity contribution in [3.05, 3.63) is 21.4 Å². The molecule has 0 atom stereocenters. The molecule has 0 fully saturated rings. The molecule has 0 saturated heterocycles. The van der Waals surface area contributed by atoms with Crippen LogP contribution in [0.3, 0.4) is 0 Å². The maximum Gasteiger partial charge on any atom is 0.261 e. The molecule has 5 heteroatoms. The number of thioether (sulfide) groups is 1. The Labute approximate surface area is 103 Å². The molecule has 0 bridgehead atoms. The van der Waals surface area contributed by atoms with Crippen LogP contribution in [-0.2, 0) is 12.2 Å². The van der Waals surface area contributed by atoms with E-state index in [9.17, 15) is 4.79 Å². The summed E-state index contributed by atoms with van der Waals surface area (Å²) in [4.78, 5) is 13.9. The van der Waals surface area contributed by atoms with Crippen LogP contribution in [0.4, 0.5) is 0 Å². The van der Waals surface area contributed by atoms with Gasteiger partial charge in [-0.05, 0) is 30.2 Å². The summed E-state index contributed by atoms with van der Waals surface area (Å²) < 4.78 is 0. The number of fused-ring (bicyclic) bond motifs is 1. The first-order valence-corrected chi connectivity index (χ1v) is 7.37. The minimum absolute atomic E-state index is 0.00199. The van der Waals surface area contributed by atoms with E-state index in [4.69, 9.17) is 5.11 Å². The first-order chi connectivity index (χ1) is 7.81. The van der Waals surface area contributed by atoms with Gasteiger partial charge in [-0.1, -0.05) is 0 Å². The normalized spacial score (nSPS) is 14.6. The number of aryl methyl sites for hydroxylation is 1. The van der Waals surface area contributed by atoms with E-state index in [0.717, 1.165) is 17.1 Å². The number of carbonyl (C=O) groups excluding carboxylic acids is 1. The minimum atomic E-state index is -0.00199. The first kappa shape index (κ1) is 12.0. The lowest BCUT2D eigenvalue weighted by Crippen LogP contribution is -2.24. The van der Waals surface area contributed by atoms with Crippen LogP contribution >= 0.6 is 23.1 Å². The van der Waals surface area contributed by atoms with E-state index in [1.165, 1.54) is 16.2 Å². The molecule has 88 valence electrons. The van der Waals surface area contributed by atoms with Gasteiger partial charge in [0.15, 0.2) is 0 Å². The standard InChI is InChI=1S/C11H15NO2S2/c13-4-1-3-12-11(14)10-6-8-7-15-5-2-9(8)16-10/h6,13H,1-5,7H2,(H,12,14). The van der Waals surface area contributed by atoms with Gasteiger partial charge in [0.05, 0.1) is 4.88 Å². The van der Waals surface area contributed by atoms with Crippen molar-refractivity contribution in [2.45, 2.75) is 18.6 Å². The third-order valence-electron chi connectivity index (χ3n) is 2.47. The summed E-state index contributed by atoms with van der Waals surface area (Å²) in [7, 11) is 0. The number of hydrogen-bond acceptors (Lipinski definition) is 4. The first-order valence-electron chi connectivity index (χ1n) is 5.39. The summed E-state index contributed by atoms with van der Waals surface area (Å²) in [5.41, 5.74) is 1.33. The van der Waals surface area contributed by atoms with Crippen LogP contribution in [0.5, 0.6) is 0 Å². The van der Waals surface area contributed by atoms with Crippen molar-refractivity contribution in [1.82, 2.24) is 5.32 Å². The second-order valence-electron chi connectivity index (χ2n) is 3.69. The van der Waals surface area contributed by atoms with Gasteiger partial charge in [-0.25, -0.2) is 0 Å². The number of aliphatic hydroxyl groups excluding tert-OH is 1. The molecular formula is C11H15NO2S2. The van der Waals surface area contributed by atoms with Gasteiger partial charge < -0.3 is 10.4 Å². The van der Waals surface area contributed by atoms with Gasteiger partial charge in [-0.3, -0.25) is 4.79 Å². The van der Waals surface area contributed by atoms with Gasteiger partial charge in [0.1, 0.15) is 0 Å². The van der Waals surface area contributed by atoms with E-state index >= 15 is 0 Å². The molecule has 0 unspecified atom stereocenters. The lowest BCUT2D eigenvalue weighted by atomic mass is 10.2. The van der Waals surface area contributed by atoms with Gasteiger partial charge in [0.2, 0.25) is 0 Å². The molecule has 0 spiro atoms. The Bertz CT molecular complexity index is 353. The molecule has 3 nitrogen and oxygen atoms in total. The lowest BCUT2D eigenvalue weighted by Gasteiger charge is -2.08. The fourth-order valence-corrected chi connectivity index (χ4v) is 3.92. The molecule has 0 aliphatic carbocycles. The number of aliphatic hydroxyl groups is 1. The largest absolute Gasteiger partial charge is 0.396 e. The van der Waals surface area contributed by atoms with Gasteiger partial charge in [0.25, 0.3) is 5.91 Å². The van der Waals surface area contributed by atoms with Gasteiger partial charge in [-0.15, -0.1) is 11.3 Å². The molecular weight excluding hydrogens is 242 g/mol. The smallest absolute Gasteiger partial charge is 0.261 e. The fourth-order valence-electron chi connectivity index (χ4n) is 1.63. The van der Waals surface area contributed by atoms with E-state index in [1.807, 2.05) is 17.8 Å². The number of nitrogens with one attached hydrogen (secondary N) is 1. The topological polar surface area (TPSA) is 49.3 Å². The third-order valence-corrected chi connectivity index (χ3v) is 4.72. The molecule has 0 radical (unpaired) electrons. The Hall–Kier alpha value is -0.520. The van der Waals surface area contributed by atoms with Gasteiger partial charge in [-0.2, -0.15) is 11.8 Å². The van der Waals surface area contributed by atoms with E-state index in [1.54, 1.807) is 11.3 Å². The number of carbonyl (C=O) groups is 1. The molecule has 1 amide bonds. The molecule has 0 aromatic carbocycles. The highest BCUT2D eigenvalue weighted by atomic mass is 32.2. The summed E-state index contributed by atoms with van der Waals surface area (Å²) in [6.45, 7) is 0.671. The number of rotatable bonds is 4. The van der Waals surface area contributed by atoms with E-state index in [-0.39, 0.29) is 12.5 Å². The van der Waals surface area contributed by atoms with E-state index in [2.05, 4.69) is 5.32 Å². The average molecular weight is 257 g/mol. The van der Waals surface area contributed by atoms with Gasteiger partial charge >= 0.3 is 0 Å². The minimum Gasteiger partial charge on any atom is -0.396 e. The van der Waals surface area contributed by atoms with Crippen molar-refractivity contribution in [1.29, 1.82) is 0 Å². The SMILES string of the molecule is O=C(NCCCO)c1cc2c(s1)CCSC2. The Morgan fingerprint density at radius 2 is 2.44 bits per heavy atom. The van der Waals surface area contributed by atoms with Crippen LogP contribution in [0.1, 0.15) is 26.5 Å². The molecule has 1 aliphatic heterocycles. The molecule has 16 heavy (non-hydrogen) atoms. The van der Waals surface area contributed by atoms with Crippen LogP contribution in [0.2, 0.25) is 0 Å². The lowest BCUT2D eigenvalue weighted by molar-refractivity contribution is 0.0955. The highest BCUT2D eigenvalue weighted by Gasteiger charge is 2.16. The molecule has 0 saturated carbocycles. The summed E-state index contributed by atoms with van der Waals surface area (Å²) >= 11 is 3.54. The Morgan fingerprint density at radius 3 is 3.19 bits per heavy atom. The van der Waals surface area contributed by atoms with Crippen LogP contribution < -0.4 is 5.32 Å². The molecule has 1 aromatic heterocycles. The summed E-state index contributed by atoms with van der Waals surface area (Å²) in [5, 5.41) is 11.4. The highest BCUT2D eigenvalue weighted by Crippen LogP contribution is 2.31. The van der Waals surface area contributed by atoms with Crippen LogP contribution in [0, 0.1) is 0 Å². The van der Waals surface area contributed by atoms with Crippen molar-refractivity contribution >= 4 is 29.0 Å². The van der Waals surface area contributed by atoms with Crippen molar-refractivity contribution < 1.29 is 9.90 Å². The molecule has 1 aromatic rings. The highest BCUT2D eigenvalue weighted by molar-refractivity contribution is 7.98. The second kappa shape index (κ2) is 5.70. The summed E-state index contributed by atoms with van der Waals surface area (Å²) in [6, 6.07) is 2.01. The maximum atomic E-state index is 11.7. The summed E-state index contributed by atoms with van der Waals surface area (Å²) in [6.07, 6.45) is 1.71. The number of amides is 1. The second-order valence-corrected chi connectivity index (χ2v) is 5.94. The van der Waals surface area contributed by atoms with E-state index in [0.29, 0.717) is 13.0 Å². The van der Waals surface area contributed by atoms with Crippen LogP contribution in [0.25, 0.3) is 0 Å². The Morgan fingerprint density at radius 1 is 1.56 bits per heavy atom. The third kappa shape index (κ3) is 2.78. The monoisotopic (exact) mass is 257 g/mol. The molecule has 2 rings (SSSR count). The zero-order valence-electron chi connectivity index (χ0n) is 8.99. The van der Waals surface area contributed by atoms with Crippen molar-refractivity contribution in [2.24, 2.45) is 0 Å². The Kier molecular flexibility index (Phi) is 4.26. The maximum absolute atomic E-state index is 11.7. The zero-order chi connectivity index (χ0) is 11.4. The molecule has 2 N–H and O–H groups in total. The van der Waals surface area contributed by atoms with E-state index < -0.39 is 0 Å². The fraction of sp³-hybridized carbons (Fsp3) is 0.545. The quantitative estimate of drug-likeness (QED) is 0.806. The van der Waals surface area contributed by atoms with Crippen LogP contribution in [-0.4, -0.2) is 29.9 Å². The van der Waals surface area contributed by atoms with Gasteiger partial charge in [0, 0.05) is 23.8 Å². The number of thiophene rings is 1. The van der Waals surface area contributed by atoms with Crippen molar-refractivity contribution in [3.8, 4) is 0 Å². The predicted octanol–water partition coefficient (Wildman–Crippen LogP) is 1.65. The average Bonchev–Trinajstić information content (AvgIpc) is 2.73. The molecule has 1 aliphatic rings. The zero-order valence-corrected chi connectivity index (χ0v) is 10.6. The molecule has 2 heterocycles. The van der Waals surface area contributed by atoms with Crippen molar-refractivity contribution in [2.75, 3.05) is 18.9 Å². The number of hydrogen-bond donors (Lipinski definition) is 2. The Balaban J connectivity index is 1.98.